The summed E-state index contributed by atoms with van der Waals surface area (Å²) in [6, 6.07) is 6.99. The Balaban J connectivity index is 1.77. The molecule has 1 amide bonds. The number of non-ortho nitro benzene ring substituents is 1. The summed E-state index contributed by atoms with van der Waals surface area (Å²) in [5.41, 5.74) is -0.00127. The van der Waals surface area contributed by atoms with Gasteiger partial charge >= 0.3 is 5.97 Å². The highest BCUT2D eigenvalue weighted by Crippen LogP contribution is 2.21. The predicted molar refractivity (Wildman–Crippen MR) is 103 cm³/mol. The van der Waals surface area contributed by atoms with Crippen molar-refractivity contribution in [2.45, 2.75) is 19.3 Å². The first kappa shape index (κ1) is 19.3. The van der Waals surface area contributed by atoms with Crippen LogP contribution in [0.5, 0.6) is 0 Å². The molecule has 0 aliphatic carbocycles. The Hall–Kier alpha value is -3.49. The van der Waals surface area contributed by atoms with Crippen molar-refractivity contribution in [2.24, 2.45) is 0 Å². The predicted octanol–water partition coefficient (Wildman–Crippen LogP) is 3.02. The number of ether oxygens (including phenoxy) is 1. The van der Waals surface area contributed by atoms with Crippen LogP contribution in [0.2, 0.25) is 0 Å². The van der Waals surface area contributed by atoms with E-state index in [0.717, 1.165) is 51.0 Å². The summed E-state index contributed by atoms with van der Waals surface area (Å²) >= 11 is 0. The van der Waals surface area contributed by atoms with Crippen molar-refractivity contribution in [3.8, 4) is 0 Å². The van der Waals surface area contributed by atoms with Gasteiger partial charge in [-0.1, -0.05) is 0 Å². The van der Waals surface area contributed by atoms with E-state index in [1.807, 2.05) is 6.07 Å². The van der Waals surface area contributed by atoms with Crippen LogP contribution < -0.4 is 10.2 Å². The number of benzene rings is 1. The number of piperidine rings is 1. The Morgan fingerprint density at radius 2 is 1.86 bits per heavy atom. The second-order valence-corrected chi connectivity index (χ2v) is 6.42. The Morgan fingerprint density at radius 1 is 1.14 bits per heavy atom. The van der Waals surface area contributed by atoms with Gasteiger partial charge in [0.2, 0.25) is 0 Å². The molecule has 1 aromatic carbocycles. The molecular formula is C19H20N4O5. The van der Waals surface area contributed by atoms with Gasteiger partial charge < -0.3 is 15.0 Å². The SMILES string of the molecule is COC(=O)c1cc(C(=O)Nc2ccc(N3CCCCC3)nc2)cc([N+](=O)[O-])c1. The van der Waals surface area contributed by atoms with Gasteiger partial charge in [0.15, 0.2) is 0 Å². The third-order valence-corrected chi connectivity index (χ3v) is 4.50. The smallest absolute Gasteiger partial charge is 0.338 e. The number of hydrogen-bond acceptors (Lipinski definition) is 7. The third kappa shape index (κ3) is 4.43. The van der Waals surface area contributed by atoms with Crippen molar-refractivity contribution < 1.29 is 19.2 Å². The molecule has 1 aromatic heterocycles. The van der Waals surface area contributed by atoms with Crippen molar-refractivity contribution in [3.63, 3.8) is 0 Å². The lowest BCUT2D eigenvalue weighted by Gasteiger charge is -2.27. The van der Waals surface area contributed by atoms with Gasteiger partial charge in [0.25, 0.3) is 11.6 Å². The van der Waals surface area contributed by atoms with Crippen LogP contribution in [-0.2, 0) is 4.74 Å². The van der Waals surface area contributed by atoms with Gasteiger partial charge in [-0.15, -0.1) is 0 Å². The number of aromatic nitrogens is 1. The van der Waals surface area contributed by atoms with Crippen LogP contribution in [0.3, 0.4) is 0 Å². The Kier molecular flexibility index (Phi) is 5.83. The van der Waals surface area contributed by atoms with Crippen molar-refractivity contribution in [1.29, 1.82) is 0 Å². The van der Waals surface area contributed by atoms with Gasteiger partial charge in [0, 0.05) is 30.8 Å². The zero-order chi connectivity index (χ0) is 20.1. The molecule has 1 aliphatic heterocycles. The first-order valence-electron chi connectivity index (χ1n) is 8.88. The Labute approximate surface area is 161 Å². The zero-order valence-corrected chi connectivity index (χ0v) is 15.4. The van der Waals surface area contributed by atoms with Crippen LogP contribution in [0.25, 0.3) is 0 Å². The number of nitro benzene ring substituents is 1. The first-order valence-corrected chi connectivity index (χ1v) is 8.88. The van der Waals surface area contributed by atoms with Gasteiger partial charge in [-0.05, 0) is 37.5 Å². The van der Waals surface area contributed by atoms with E-state index < -0.39 is 16.8 Å². The van der Waals surface area contributed by atoms with Crippen molar-refractivity contribution in [2.75, 3.05) is 30.4 Å². The molecule has 28 heavy (non-hydrogen) atoms. The van der Waals surface area contributed by atoms with Crippen LogP contribution >= 0.6 is 0 Å². The summed E-state index contributed by atoms with van der Waals surface area (Å²) in [4.78, 5) is 41.2. The van der Waals surface area contributed by atoms with Crippen LogP contribution in [0.1, 0.15) is 40.0 Å². The summed E-state index contributed by atoms with van der Waals surface area (Å²) in [7, 11) is 1.16. The van der Waals surface area contributed by atoms with E-state index in [1.165, 1.54) is 12.5 Å². The van der Waals surface area contributed by atoms with E-state index in [1.54, 1.807) is 12.3 Å². The minimum atomic E-state index is -0.759. The van der Waals surface area contributed by atoms with Crippen LogP contribution in [0.15, 0.2) is 36.5 Å². The molecule has 2 heterocycles. The number of hydrogen-bond donors (Lipinski definition) is 1. The highest BCUT2D eigenvalue weighted by Gasteiger charge is 2.19. The normalized spacial score (nSPS) is 13.7. The lowest BCUT2D eigenvalue weighted by molar-refractivity contribution is -0.384. The van der Waals surface area contributed by atoms with Gasteiger partial charge in [-0.3, -0.25) is 14.9 Å². The lowest BCUT2D eigenvalue weighted by Crippen LogP contribution is -2.30. The van der Waals surface area contributed by atoms with E-state index in [9.17, 15) is 19.7 Å². The van der Waals surface area contributed by atoms with Crippen molar-refractivity contribution in [1.82, 2.24) is 4.98 Å². The molecule has 9 nitrogen and oxygen atoms in total. The molecule has 3 rings (SSSR count). The molecule has 0 unspecified atom stereocenters. The molecule has 0 saturated carbocycles. The number of amides is 1. The van der Waals surface area contributed by atoms with E-state index in [2.05, 4.69) is 19.9 Å². The summed E-state index contributed by atoms with van der Waals surface area (Å²) in [6.45, 7) is 1.92. The molecule has 1 saturated heterocycles. The largest absolute Gasteiger partial charge is 0.465 e. The average molecular weight is 384 g/mol. The number of nitrogens with one attached hydrogen (secondary N) is 1. The summed E-state index contributed by atoms with van der Waals surface area (Å²) in [6.07, 6.45) is 5.03. The van der Waals surface area contributed by atoms with Gasteiger partial charge in [-0.25, -0.2) is 9.78 Å². The molecule has 0 atom stereocenters. The number of nitrogens with zero attached hydrogens (tertiary/aromatic N) is 3. The molecule has 1 fully saturated rings. The molecule has 1 N–H and O–H groups in total. The van der Waals surface area contributed by atoms with Gasteiger partial charge in [-0.2, -0.15) is 0 Å². The Bertz CT molecular complexity index is 892. The highest BCUT2D eigenvalue weighted by molar-refractivity contribution is 6.06. The van der Waals surface area contributed by atoms with Crippen LogP contribution in [0.4, 0.5) is 17.2 Å². The van der Waals surface area contributed by atoms with Gasteiger partial charge in [0.05, 0.1) is 29.5 Å². The Morgan fingerprint density at radius 3 is 2.46 bits per heavy atom. The fourth-order valence-corrected chi connectivity index (χ4v) is 3.06. The monoisotopic (exact) mass is 384 g/mol. The number of esters is 1. The van der Waals surface area contributed by atoms with Crippen molar-refractivity contribution in [3.05, 3.63) is 57.8 Å². The molecule has 2 aromatic rings. The number of methoxy groups -OCH3 is 1. The fraction of sp³-hybridized carbons (Fsp3) is 0.316. The van der Waals surface area contributed by atoms with Gasteiger partial charge in [0.1, 0.15) is 5.82 Å². The van der Waals surface area contributed by atoms with E-state index in [4.69, 9.17) is 0 Å². The standard InChI is InChI=1S/C19H20N4O5/c1-28-19(25)14-9-13(10-16(11-14)23(26)27)18(24)21-15-5-6-17(20-12-15)22-7-3-2-4-8-22/h5-6,9-12H,2-4,7-8H2,1H3,(H,21,24). The molecule has 146 valence electrons. The molecular weight excluding hydrogens is 364 g/mol. The minimum absolute atomic E-state index is 0.0188. The molecule has 9 heteroatoms. The van der Waals surface area contributed by atoms with E-state index in [0.29, 0.717) is 5.69 Å². The fourth-order valence-electron chi connectivity index (χ4n) is 3.06. The van der Waals surface area contributed by atoms with E-state index in [-0.39, 0.29) is 16.8 Å². The summed E-state index contributed by atoms with van der Waals surface area (Å²) in [5.74, 6) is -0.493. The molecule has 1 aliphatic rings. The maximum absolute atomic E-state index is 12.5. The number of carbonyl (C=O) groups is 2. The summed E-state index contributed by atoms with van der Waals surface area (Å²) < 4.78 is 4.59. The molecule has 0 bridgehead atoms. The second-order valence-electron chi connectivity index (χ2n) is 6.42. The van der Waals surface area contributed by atoms with Crippen molar-refractivity contribution >= 4 is 29.1 Å². The topological polar surface area (TPSA) is 115 Å². The maximum atomic E-state index is 12.5. The summed E-state index contributed by atoms with van der Waals surface area (Å²) in [5, 5.41) is 13.7. The number of nitro groups is 1. The maximum Gasteiger partial charge on any atom is 0.338 e. The molecule has 0 spiro atoms. The quantitative estimate of drug-likeness (QED) is 0.479. The number of carbonyl (C=O) groups excluding carboxylic acids is 2. The zero-order valence-electron chi connectivity index (χ0n) is 15.4. The first-order chi connectivity index (χ1) is 13.5. The second kappa shape index (κ2) is 8.47. The highest BCUT2D eigenvalue weighted by atomic mass is 16.6. The average Bonchev–Trinajstić information content (AvgIpc) is 2.74. The van der Waals surface area contributed by atoms with Crippen LogP contribution in [0, 0.1) is 10.1 Å². The third-order valence-electron chi connectivity index (χ3n) is 4.50. The van der Waals surface area contributed by atoms with E-state index >= 15 is 0 Å². The number of anilines is 2. The molecule has 0 radical (unpaired) electrons. The number of pyridine rings is 1. The van der Waals surface area contributed by atoms with Crippen LogP contribution in [-0.4, -0.2) is 42.0 Å². The lowest BCUT2D eigenvalue weighted by atomic mass is 10.1. The minimum Gasteiger partial charge on any atom is -0.465 e. The number of rotatable bonds is 5.